The Morgan fingerprint density at radius 2 is 2.00 bits per heavy atom. The third kappa shape index (κ3) is 2.44. The molecule has 0 aromatic rings. The normalized spacial score (nSPS) is 32.9. The molecule has 0 aliphatic carbocycles. The van der Waals surface area contributed by atoms with Crippen molar-refractivity contribution in [3.8, 4) is 0 Å². The van der Waals surface area contributed by atoms with Crippen LogP contribution in [0.5, 0.6) is 0 Å². The molecule has 0 radical (unpaired) electrons. The topological polar surface area (TPSA) is 52.6 Å². The molecule has 88 valence electrons. The van der Waals surface area contributed by atoms with E-state index in [0.717, 1.165) is 32.5 Å². The smallest absolute Gasteiger partial charge is 0.252 e. The van der Waals surface area contributed by atoms with Crippen LogP contribution in [-0.2, 0) is 4.79 Å². The van der Waals surface area contributed by atoms with Gasteiger partial charge in [-0.15, -0.1) is 12.4 Å². The summed E-state index contributed by atoms with van der Waals surface area (Å²) in [6.07, 6.45) is 1.28. The second-order valence-electron chi connectivity index (χ2n) is 4.39. The van der Waals surface area contributed by atoms with Crippen LogP contribution in [0.3, 0.4) is 0 Å². The maximum Gasteiger partial charge on any atom is 0.252 e. The Balaban J connectivity index is 0.00000112. The van der Waals surface area contributed by atoms with E-state index in [4.69, 9.17) is 0 Å². The number of halogens is 1. The van der Waals surface area contributed by atoms with Gasteiger partial charge in [-0.05, 0) is 25.9 Å². The minimum atomic E-state index is -0.759. The Bertz CT molecular complexity index is 231. The first-order valence-electron chi connectivity index (χ1n) is 5.39. The summed E-state index contributed by atoms with van der Waals surface area (Å²) in [4.78, 5) is 13.5. The van der Waals surface area contributed by atoms with E-state index in [0.29, 0.717) is 6.04 Å². The monoisotopic (exact) mass is 234 g/mol. The summed E-state index contributed by atoms with van der Waals surface area (Å²) in [6.45, 7) is 4.63. The molecule has 0 aromatic carbocycles. The number of likely N-dealkylation sites (tertiary alicyclic amines) is 1. The molecule has 0 aromatic heterocycles. The van der Waals surface area contributed by atoms with Gasteiger partial charge in [-0.2, -0.15) is 0 Å². The van der Waals surface area contributed by atoms with E-state index in [9.17, 15) is 9.90 Å². The molecule has 1 amide bonds. The van der Waals surface area contributed by atoms with E-state index in [2.05, 4.69) is 5.32 Å². The Labute approximate surface area is 96.4 Å². The Morgan fingerprint density at radius 3 is 2.47 bits per heavy atom. The number of aliphatic hydroxyl groups excluding tert-OH is 1. The Kier molecular flexibility index (Phi) is 4.37. The highest BCUT2D eigenvalue weighted by atomic mass is 35.5. The van der Waals surface area contributed by atoms with Gasteiger partial charge in [0, 0.05) is 18.5 Å². The lowest BCUT2D eigenvalue weighted by molar-refractivity contribution is -0.137. The van der Waals surface area contributed by atoms with Gasteiger partial charge in [0.25, 0.3) is 5.91 Å². The first-order valence-corrected chi connectivity index (χ1v) is 5.39. The van der Waals surface area contributed by atoms with Gasteiger partial charge < -0.3 is 15.3 Å². The van der Waals surface area contributed by atoms with Gasteiger partial charge in [0.15, 0.2) is 0 Å². The molecular formula is C10H19ClN2O2. The predicted molar refractivity (Wildman–Crippen MR) is 60.0 cm³/mol. The average Bonchev–Trinajstić information content (AvgIpc) is 2.47. The summed E-state index contributed by atoms with van der Waals surface area (Å²) in [5.41, 5.74) is 0. The number of amides is 1. The summed E-state index contributed by atoms with van der Waals surface area (Å²) < 4.78 is 0. The quantitative estimate of drug-likeness (QED) is 0.672. The van der Waals surface area contributed by atoms with Crippen LogP contribution in [0.1, 0.15) is 19.8 Å². The second kappa shape index (κ2) is 5.14. The van der Waals surface area contributed by atoms with Crippen molar-refractivity contribution in [1.82, 2.24) is 10.2 Å². The number of carbonyl (C=O) groups is 1. The number of aliphatic hydroxyl groups is 1. The number of hydrogen-bond acceptors (Lipinski definition) is 3. The predicted octanol–water partition coefficient (Wildman–Crippen LogP) is -0.000600. The highest BCUT2D eigenvalue weighted by Gasteiger charge is 2.39. The molecule has 4 nitrogen and oxygen atoms in total. The number of nitrogens with zero attached hydrogens (tertiary/aromatic N) is 1. The van der Waals surface area contributed by atoms with Gasteiger partial charge in [0.1, 0.15) is 6.10 Å². The van der Waals surface area contributed by atoms with Gasteiger partial charge in [-0.3, -0.25) is 4.79 Å². The molecule has 5 heteroatoms. The third-order valence-electron chi connectivity index (χ3n) is 3.31. The standard InChI is InChI=1S/C10H18N2O2.ClH/c1-7-6-12(10(14)9(7)13)8-2-4-11-5-3-8;/h7-9,11,13H,2-6H2,1H3;1H/t7-,9-;/m1./s1. The SMILES string of the molecule is C[C@@H]1CN(C2CCNCC2)C(=O)[C@@H]1O.Cl. The molecule has 0 bridgehead atoms. The highest BCUT2D eigenvalue weighted by molar-refractivity contribution is 5.85. The molecule has 2 saturated heterocycles. The lowest BCUT2D eigenvalue weighted by Gasteiger charge is -2.31. The fraction of sp³-hybridized carbons (Fsp3) is 0.900. The zero-order valence-corrected chi connectivity index (χ0v) is 9.80. The average molecular weight is 235 g/mol. The zero-order chi connectivity index (χ0) is 10.1. The molecule has 2 atom stereocenters. The van der Waals surface area contributed by atoms with Crippen LogP contribution >= 0.6 is 12.4 Å². The molecule has 2 heterocycles. The van der Waals surface area contributed by atoms with Crippen molar-refractivity contribution in [1.29, 1.82) is 0 Å². The van der Waals surface area contributed by atoms with Gasteiger partial charge in [-0.25, -0.2) is 0 Å². The van der Waals surface area contributed by atoms with E-state index < -0.39 is 6.10 Å². The van der Waals surface area contributed by atoms with Crippen molar-refractivity contribution in [3.05, 3.63) is 0 Å². The fourth-order valence-corrected chi connectivity index (χ4v) is 2.36. The minimum Gasteiger partial charge on any atom is -0.383 e. The number of nitrogens with one attached hydrogen (secondary N) is 1. The van der Waals surface area contributed by atoms with E-state index in [-0.39, 0.29) is 24.2 Å². The first-order chi connectivity index (χ1) is 6.70. The molecular weight excluding hydrogens is 216 g/mol. The van der Waals surface area contributed by atoms with Crippen molar-refractivity contribution in [2.45, 2.75) is 31.9 Å². The molecule has 15 heavy (non-hydrogen) atoms. The van der Waals surface area contributed by atoms with Crippen molar-refractivity contribution in [2.24, 2.45) is 5.92 Å². The molecule has 2 rings (SSSR count). The van der Waals surface area contributed by atoms with Crippen LogP contribution in [0.15, 0.2) is 0 Å². The number of carbonyl (C=O) groups excluding carboxylic acids is 1. The number of piperidine rings is 1. The van der Waals surface area contributed by atoms with Gasteiger partial charge in [0.2, 0.25) is 0 Å². The van der Waals surface area contributed by atoms with E-state index in [1.165, 1.54) is 0 Å². The zero-order valence-electron chi connectivity index (χ0n) is 8.98. The van der Waals surface area contributed by atoms with Crippen molar-refractivity contribution >= 4 is 18.3 Å². The molecule has 0 saturated carbocycles. The summed E-state index contributed by atoms with van der Waals surface area (Å²) in [7, 11) is 0. The molecule has 2 fully saturated rings. The first kappa shape index (κ1) is 12.7. The van der Waals surface area contributed by atoms with E-state index in [1.54, 1.807) is 0 Å². The number of rotatable bonds is 1. The summed E-state index contributed by atoms with van der Waals surface area (Å²) in [5, 5.41) is 12.8. The van der Waals surface area contributed by atoms with Crippen LogP contribution in [0.2, 0.25) is 0 Å². The molecule has 0 spiro atoms. The summed E-state index contributed by atoms with van der Waals surface area (Å²) in [6, 6.07) is 0.350. The van der Waals surface area contributed by atoms with Crippen LogP contribution in [0, 0.1) is 5.92 Å². The molecule has 2 aliphatic rings. The Hall–Kier alpha value is -0.320. The highest BCUT2D eigenvalue weighted by Crippen LogP contribution is 2.23. The van der Waals surface area contributed by atoms with Crippen LogP contribution in [0.25, 0.3) is 0 Å². The van der Waals surface area contributed by atoms with Crippen LogP contribution < -0.4 is 5.32 Å². The van der Waals surface area contributed by atoms with Gasteiger partial charge in [-0.1, -0.05) is 6.92 Å². The lowest BCUT2D eigenvalue weighted by atomic mass is 10.1. The Morgan fingerprint density at radius 1 is 1.40 bits per heavy atom. The second-order valence-corrected chi connectivity index (χ2v) is 4.39. The summed E-state index contributed by atoms with van der Waals surface area (Å²) in [5.74, 6) is 0.0294. The van der Waals surface area contributed by atoms with Crippen LogP contribution in [0.4, 0.5) is 0 Å². The fourth-order valence-electron chi connectivity index (χ4n) is 2.36. The lowest BCUT2D eigenvalue weighted by Crippen LogP contribution is -2.44. The van der Waals surface area contributed by atoms with E-state index in [1.807, 2.05) is 11.8 Å². The largest absolute Gasteiger partial charge is 0.383 e. The summed E-state index contributed by atoms with van der Waals surface area (Å²) >= 11 is 0. The van der Waals surface area contributed by atoms with Gasteiger partial charge in [0.05, 0.1) is 0 Å². The third-order valence-corrected chi connectivity index (χ3v) is 3.31. The van der Waals surface area contributed by atoms with Crippen LogP contribution in [-0.4, -0.2) is 47.7 Å². The maximum atomic E-state index is 11.7. The minimum absolute atomic E-state index is 0. The van der Waals surface area contributed by atoms with E-state index >= 15 is 0 Å². The van der Waals surface area contributed by atoms with Crippen molar-refractivity contribution < 1.29 is 9.90 Å². The molecule has 0 unspecified atom stereocenters. The maximum absolute atomic E-state index is 11.7. The molecule has 2 N–H and O–H groups in total. The van der Waals surface area contributed by atoms with Crippen molar-refractivity contribution in [2.75, 3.05) is 19.6 Å². The van der Waals surface area contributed by atoms with Gasteiger partial charge >= 0.3 is 0 Å². The molecule has 2 aliphatic heterocycles. The number of hydrogen-bond donors (Lipinski definition) is 2. The van der Waals surface area contributed by atoms with Crippen molar-refractivity contribution in [3.63, 3.8) is 0 Å².